The molecule has 1 heterocycles. The van der Waals surface area contributed by atoms with Crippen LogP contribution in [0.3, 0.4) is 0 Å². The Hall–Kier alpha value is -2.44. The quantitative estimate of drug-likeness (QED) is 0.512. The summed E-state index contributed by atoms with van der Waals surface area (Å²) in [6.45, 7) is 0. The number of halogens is 2. The van der Waals surface area contributed by atoms with Gasteiger partial charge in [-0.15, -0.1) is 0 Å². The Balaban J connectivity index is 2.32. The number of rotatable bonds is 1. The molecule has 0 spiro atoms. The second kappa shape index (κ2) is 4.20. The number of guanidine groups is 1. The zero-order chi connectivity index (χ0) is 12.4. The molecule has 0 bridgehead atoms. The Morgan fingerprint density at radius 3 is 2.47 bits per heavy atom. The fraction of sp³-hybridized carbons (Fsp3) is 0. The Morgan fingerprint density at radius 1 is 1.29 bits per heavy atom. The molecule has 0 unspecified atom stereocenters. The number of phenolic OH excluding ortho intramolecular Hbond substituents is 1. The molecule has 0 fully saturated rings. The third-order valence-corrected chi connectivity index (χ3v) is 2.04. The number of aromatic hydroxyl groups is 1. The summed E-state index contributed by atoms with van der Waals surface area (Å²) in [5.74, 6) is -3.14. The van der Waals surface area contributed by atoms with E-state index in [1.54, 1.807) is 0 Å². The van der Waals surface area contributed by atoms with E-state index in [0.717, 1.165) is 12.1 Å². The van der Waals surface area contributed by atoms with E-state index in [1.165, 1.54) is 12.3 Å². The Labute approximate surface area is 94.4 Å². The summed E-state index contributed by atoms with van der Waals surface area (Å²) in [5.41, 5.74) is 0.605. The molecule has 3 N–H and O–H groups in total. The summed E-state index contributed by atoms with van der Waals surface area (Å²) in [4.78, 5) is 3.65. The van der Waals surface area contributed by atoms with Crippen LogP contribution in [0.1, 0.15) is 5.56 Å². The zero-order valence-corrected chi connectivity index (χ0v) is 8.35. The molecular formula is C10H7F2N3O2. The van der Waals surface area contributed by atoms with Crippen molar-refractivity contribution in [1.82, 2.24) is 5.32 Å². The molecule has 1 aliphatic heterocycles. The molecule has 1 aliphatic rings. The van der Waals surface area contributed by atoms with Crippen molar-refractivity contribution in [2.75, 3.05) is 0 Å². The molecule has 0 aromatic heterocycles. The van der Waals surface area contributed by atoms with E-state index in [-0.39, 0.29) is 11.5 Å². The fourth-order valence-corrected chi connectivity index (χ4v) is 1.30. The highest BCUT2D eigenvalue weighted by molar-refractivity contribution is 6.04. The topological polar surface area (TPSA) is 77.2 Å². The minimum atomic E-state index is -1.05. The minimum absolute atomic E-state index is 0.0176. The van der Waals surface area contributed by atoms with Gasteiger partial charge in [-0.1, -0.05) is 0 Å². The van der Waals surface area contributed by atoms with Crippen LogP contribution >= 0.6 is 0 Å². The average molecular weight is 239 g/mol. The highest BCUT2D eigenvalue weighted by Gasteiger charge is 2.11. The Morgan fingerprint density at radius 2 is 1.94 bits per heavy atom. The van der Waals surface area contributed by atoms with Gasteiger partial charge in [0.05, 0.1) is 11.9 Å². The van der Waals surface area contributed by atoms with Crippen molar-refractivity contribution < 1.29 is 19.1 Å². The molecule has 0 aliphatic carbocycles. The van der Waals surface area contributed by atoms with E-state index in [9.17, 15) is 8.78 Å². The largest absolute Gasteiger partial charge is 0.503 e. The molecule has 1 aromatic carbocycles. The zero-order valence-electron chi connectivity index (χ0n) is 8.35. The van der Waals surface area contributed by atoms with Crippen LogP contribution in [-0.2, 0) is 0 Å². The van der Waals surface area contributed by atoms with Crippen molar-refractivity contribution in [1.29, 1.82) is 0 Å². The van der Waals surface area contributed by atoms with Crippen molar-refractivity contribution in [3.8, 4) is 5.75 Å². The van der Waals surface area contributed by atoms with Crippen LogP contribution in [0.15, 0.2) is 28.0 Å². The molecule has 0 saturated carbocycles. The lowest BCUT2D eigenvalue weighted by Crippen LogP contribution is -2.13. The van der Waals surface area contributed by atoms with Gasteiger partial charge in [-0.25, -0.2) is 13.8 Å². The van der Waals surface area contributed by atoms with E-state index >= 15 is 0 Å². The smallest absolute Gasteiger partial charge is 0.264 e. The molecule has 0 radical (unpaired) electrons. The summed E-state index contributed by atoms with van der Waals surface area (Å²) in [5, 5.41) is 22.7. The summed E-state index contributed by atoms with van der Waals surface area (Å²) < 4.78 is 26.0. The van der Waals surface area contributed by atoms with Crippen molar-refractivity contribution in [2.45, 2.75) is 0 Å². The van der Waals surface area contributed by atoms with Gasteiger partial charge in [-0.2, -0.15) is 0 Å². The third-order valence-electron chi connectivity index (χ3n) is 2.04. The first-order valence-corrected chi connectivity index (χ1v) is 4.53. The molecule has 5 nitrogen and oxygen atoms in total. The first-order valence-electron chi connectivity index (χ1n) is 4.53. The van der Waals surface area contributed by atoms with Crippen LogP contribution in [0, 0.1) is 11.6 Å². The minimum Gasteiger partial charge on any atom is -0.503 e. The van der Waals surface area contributed by atoms with Crippen LogP contribution in [0.4, 0.5) is 8.78 Å². The number of hydrogen-bond donors (Lipinski definition) is 3. The molecule has 88 valence electrons. The third kappa shape index (κ3) is 2.22. The van der Waals surface area contributed by atoms with E-state index in [1.807, 2.05) is 0 Å². The normalized spacial score (nSPS) is 18.9. The number of phenols is 1. The fourth-order valence-electron chi connectivity index (χ4n) is 1.30. The van der Waals surface area contributed by atoms with Gasteiger partial charge in [-0.05, 0) is 28.9 Å². The van der Waals surface area contributed by atoms with Crippen LogP contribution < -0.4 is 5.32 Å². The first kappa shape index (κ1) is 11.1. The van der Waals surface area contributed by atoms with E-state index in [4.69, 9.17) is 10.3 Å². The lowest BCUT2D eigenvalue weighted by Gasteiger charge is -2.01. The van der Waals surface area contributed by atoms with Gasteiger partial charge < -0.3 is 15.6 Å². The van der Waals surface area contributed by atoms with Gasteiger partial charge in [-0.3, -0.25) is 0 Å². The number of allylic oxidation sites excluding steroid dienone is 1. The summed E-state index contributed by atoms with van der Waals surface area (Å²) in [6.07, 6.45) is 2.71. The summed E-state index contributed by atoms with van der Waals surface area (Å²) in [6, 6.07) is 1.93. The van der Waals surface area contributed by atoms with E-state index in [0.29, 0.717) is 5.70 Å². The lowest BCUT2D eigenvalue weighted by molar-refractivity contribution is 0.317. The molecule has 2 rings (SSSR count). The van der Waals surface area contributed by atoms with E-state index < -0.39 is 17.4 Å². The molecule has 0 saturated heterocycles. The van der Waals surface area contributed by atoms with Crippen molar-refractivity contribution in [3.63, 3.8) is 0 Å². The molecule has 0 amide bonds. The maximum atomic E-state index is 13.0. The number of benzene rings is 1. The number of oxime groups is 1. The maximum absolute atomic E-state index is 13.0. The van der Waals surface area contributed by atoms with Crippen LogP contribution in [0.2, 0.25) is 0 Å². The Kier molecular flexibility index (Phi) is 2.73. The second-order valence-corrected chi connectivity index (χ2v) is 3.24. The lowest BCUT2D eigenvalue weighted by atomic mass is 10.1. The molecule has 7 heteroatoms. The highest BCUT2D eigenvalue weighted by Crippen LogP contribution is 2.22. The molecule has 17 heavy (non-hydrogen) atoms. The number of nitrogens with one attached hydrogen (secondary N) is 1. The van der Waals surface area contributed by atoms with Gasteiger partial charge in [0.1, 0.15) is 0 Å². The average Bonchev–Trinajstić information content (AvgIpc) is 2.73. The van der Waals surface area contributed by atoms with Gasteiger partial charge in [0.2, 0.25) is 0 Å². The SMILES string of the molecule is ON=C1N=CC(=Cc2cc(F)c(O)c(F)c2)N1. The second-order valence-electron chi connectivity index (χ2n) is 3.24. The van der Waals surface area contributed by atoms with Crippen molar-refractivity contribution >= 4 is 18.3 Å². The van der Waals surface area contributed by atoms with Gasteiger partial charge in [0.25, 0.3) is 5.96 Å². The first-order chi connectivity index (χ1) is 8.10. The van der Waals surface area contributed by atoms with Crippen LogP contribution in [0.25, 0.3) is 6.08 Å². The molecule has 0 atom stereocenters. The maximum Gasteiger partial charge on any atom is 0.264 e. The monoisotopic (exact) mass is 239 g/mol. The van der Waals surface area contributed by atoms with Crippen molar-refractivity contribution in [3.05, 3.63) is 35.0 Å². The van der Waals surface area contributed by atoms with Gasteiger partial charge in [0, 0.05) is 0 Å². The molecular weight excluding hydrogens is 232 g/mol. The summed E-state index contributed by atoms with van der Waals surface area (Å²) in [7, 11) is 0. The van der Waals surface area contributed by atoms with Crippen LogP contribution in [0.5, 0.6) is 5.75 Å². The molecule has 1 aromatic rings. The van der Waals surface area contributed by atoms with E-state index in [2.05, 4.69) is 15.5 Å². The van der Waals surface area contributed by atoms with Crippen molar-refractivity contribution in [2.24, 2.45) is 10.1 Å². The van der Waals surface area contributed by atoms with Gasteiger partial charge >= 0.3 is 0 Å². The predicted octanol–water partition coefficient (Wildman–Crippen LogP) is 1.43. The highest BCUT2D eigenvalue weighted by atomic mass is 19.1. The number of nitrogens with zero attached hydrogens (tertiary/aromatic N) is 2. The number of hydrogen-bond acceptors (Lipinski definition) is 3. The predicted molar refractivity (Wildman–Crippen MR) is 56.8 cm³/mol. The number of aliphatic imine (C=N–C) groups is 1. The van der Waals surface area contributed by atoms with Gasteiger partial charge in [0.15, 0.2) is 17.4 Å². The van der Waals surface area contributed by atoms with Crippen LogP contribution in [-0.4, -0.2) is 22.5 Å². The summed E-state index contributed by atoms with van der Waals surface area (Å²) >= 11 is 0. The standard InChI is InChI=1S/C10H7F2N3O2/c11-7-2-5(3-8(12)9(7)16)1-6-4-13-10(14-6)15-17/h1-4,16-17H,(H,14,15). The Bertz CT molecular complexity index is 529.